The summed E-state index contributed by atoms with van der Waals surface area (Å²) in [5.41, 5.74) is 2.56. The van der Waals surface area contributed by atoms with E-state index in [9.17, 15) is 13.2 Å². The van der Waals surface area contributed by atoms with E-state index in [1.165, 1.54) is 4.31 Å². The highest BCUT2D eigenvalue weighted by Crippen LogP contribution is 2.29. The van der Waals surface area contributed by atoms with Gasteiger partial charge in [0.05, 0.1) is 4.90 Å². The normalized spacial score (nSPS) is 16.4. The SMILES string of the molecule is Cc1cc(C)c(S(=O)(=O)N2CCC(C(=O)Nc3cc(C)on3)CC2)c(C)c1. The molecule has 1 fully saturated rings. The van der Waals surface area contributed by atoms with Crippen molar-refractivity contribution in [2.45, 2.75) is 45.4 Å². The maximum absolute atomic E-state index is 13.1. The van der Waals surface area contributed by atoms with Crippen molar-refractivity contribution in [1.82, 2.24) is 9.46 Å². The average Bonchev–Trinajstić information content (AvgIpc) is 2.98. The van der Waals surface area contributed by atoms with Crippen LogP contribution in [0, 0.1) is 33.6 Å². The van der Waals surface area contributed by atoms with Gasteiger partial charge in [-0.25, -0.2) is 8.42 Å². The van der Waals surface area contributed by atoms with Gasteiger partial charge in [-0.1, -0.05) is 22.9 Å². The van der Waals surface area contributed by atoms with Crippen molar-refractivity contribution in [1.29, 1.82) is 0 Å². The monoisotopic (exact) mass is 391 g/mol. The van der Waals surface area contributed by atoms with Crippen LogP contribution in [-0.4, -0.2) is 36.9 Å². The molecule has 1 aromatic heterocycles. The predicted octanol–water partition coefficient (Wildman–Crippen LogP) is 2.95. The van der Waals surface area contributed by atoms with Crippen molar-refractivity contribution in [3.8, 4) is 0 Å². The van der Waals surface area contributed by atoms with E-state index in [1.54, 1.807) is 13.0 Å². The van der Waals surface area contributed by atoms with Crippen LogP contribution in [0.15, 0.2) is 27.6 Å². The second-order valence-corrected chi connectivity index (χ2v) is 9.09. The van der Waals surface area contributed by atoms with Gasteiger partial charge in [0.1, 0.15) is 5.76 Å². The number of nitrogens with one attached hydrogen (secondary N) is 1. The average molecular weight is 391 g/mol. The third-order valence-electron chi connectivity index (χ3n) is 4.91. The Balaban J connectivity index is 1.69. The quantitative estimate of drug-likeness (QED) is 0.865. The molecule has 0 atom stereocenters. The smallest absolute Gasteiger partial charge is 0.243 e. The van der Waals surface area contributed by atoms with Crippen LogP contribution < -0.4 is 5.32 Å². The Morgan fingerprint density at radius 3 is 2.22 bits per heavy atom. The lowest BCUT2D eigenvalue weighted by Gasteiger charge is -2.31. The third-order valence-corrected chi connectivity index (χ3v) is 7.11. The number of benzene rings is 1. The van der Waals surface area contributed by atoms with Gasteiger partial charge in [-0.15, -0.1) is 0 Å². The largest absolute Gasteiger partial charge is 0.360 e. The first-order valence-electron chi connectivity index (χ1n) is 9.00. The van der Waals surface area contributed by atoms with Crippen LogP contribution in [0.3, 0.4) is 0 Å². The van der Waals surface area contributed by atoms with E-state index in [0.29, 0.717) is 42.4 Å². The van der Waals surface area contributed by atoms with Crippen LogP contribution in [0.25, 0.3) is 0 Å². The molecule has 7 nitrogen and oxygen atoms in total. The lowest BCUT2D eigenvalue weighted by Crippen LogP contribution is -2.41. The van der Waals surface area contributed by atoms with Gasteiger partial charge in [0.15, 0.2) is 5.82 Å². The number of hydrogen-bond acceptors (Lipinski definition) is 5. The van der Waals surface area contributed by atoms with Gasteiger partial charge in [-0.2, -0.15) is 4.31 Å². The molecule has 1 amide bonds. The molecule has 1 aliphatic heterocycles. The van der Waals surface area contributed by atoms with Gasteiger partial charge in [0.25, 0.3) is 0 Å². The molecule has 1 aliphatic rings. The Kier molecular flexibility index (Phi) is 5.39. The van der Waals surface area contributed by atoms with E-state index >= 15 is 0 Å². The summed E-state index contributed by atoms with van der Waals surface area (Å²) in [6.45, 7) is 8.01. The molecule has 2 heterocycles. The Hall–Kier alpha value is -2.19. The first-order valence-corrected chi connectivity index (χ1v) is 10.4. The van der Waals surface area contributed by atoms with Crippen LogP contribution in [0.2, 0.25) is 0 Å². The summed E-state index contributed by atoms with van der Waals surface area (Å²) in [7, 11) is -3.57. The number of anilines is 1. The number of nitrogens with zero attached hydrogens (tertiary/aromatic N) is 2. The second-order valence-electron chi connectivity index (χ2n) is 7.22. The number of carbonyl (C=O) groups excluding carboxylic acids is 1. The fourth-order valence-corrected chi connectivity index (χ4v) is 5.60. The number of piperidine rings is 1. The van der Waals surface area contributed by atoms with Gasteiger partial charge in [-0.05, 0) is 51.7 Å². The minimum Gasteiger partial charge on any atom is -0.360 e. The van der Waals surface area contributed by atoms with Crippen molar-refractivity contribution in [3.63, 3.8) is 0 Å². The molecular formula is C19H25N3O4S. The summed E-state index contributed by atoms with van der Waals surface area (Å²) in [4.78, 5) is 12.8. The molecule has 0 aliphatic carbocycles. The molecule has 146 valence electrons. The van der Waals surface area contributed by atoms with Gasteiger partial charge in [0.2, 0.25) is 15.9 Å². The van der Waals surface area contributed by atoms with E-state index in [-0.39, 0.29) is 11.8 Å². The number of hydrogen-bond donors (Lipinski definition) is 1. The molecule has 0 spiro atoms. The van der Waals surface area contributed by atoms with Gasteiger partial charge >= 0.3 is 0 Å². The maximum Gasteiger partial charge on any atom is 0.243 e. The Morgan fingerprint density at radius 2 is 1.70 bits per heavy atom. The predicted molar refractivity (Wildman–Crippen MR) is 102 cm³/mol. The summed E-state index contributed by atoms with van der Waals surface area (Å²) < 4.78 is 32.7. The number of aromatic nitrogens is 1. The Labute approximate surface area is 159 Å². The Bertz CT molecular complexity index is 934. The standard InChI is InChI=1S/C19H25N3O4S/c1-12-9-13(2)18(14(3)10-12)27(24,25)22-7-5-16(6-8-22)19(23)20-17-11-15(4)26-21-17/h9-11,16H,5-8H2,1-4H3,(H,20,21,23). The molecule has 1 aromatic carbocycles. The van der Waals surface area contributed by atoms with Crippen LogP contribution >= 0.6 is 0 Å². The van der Waals surface area contributed by atoms with E-state index < -0.39 is 10.0 Å². The molecule has 0 bridgehead atoms. The van der Waals surface area contributed by atoms with E-state index in [1.807, 2.05) is 32.9 Å². The number of rotatable bonds is 4. The number of sulfonamides is 1. The molecule has 8 heteroatoms. The van der Waals surface area contributed by atoms with Crippen LogP contribution in [-0.2, 0) is 14.8 Å². The van der Waals surface area contributed by atoms with Crippen molar-refractivity contribution >= 4 is 21.7 Å². The summed E-state index contributed by atoms with van der Waals surface area (Å²) >= 11 is 0. The second kappa shape index (κ2) is 7.44. The lowest BCUT2D eigenvalue weighted by molar-refractivity contribution is -0.120. The molecule has 1 N–H and O–H groups in total. The molecule has 0 saturated carbocycles. The summed E-state index contributed by atoms with van der Waals surface area (Å²) in [6, 6.07) is 5.43. The van der Waals surface area contributed by atoms with Gasteiger partial charge in [-0.3, -0.25) is 4.79 Å². The topological polar surface area (TPSA) is 92.5 Å². The highest BCUT2D eigenvalue weighted by molar-refractivity contribution is 7.89. The van der Waals surface area contributed by atoms with E-state index in [2.05, 4.69) is 10.5 Å². The zero-order chi connectivity index (χ0) is 19.8. The highest BCUT2D eigenvalue weighted by atomic mass is 32.2. The van der Waals surface area contributed by atoms with Crippen molar-refractivity contribution < 1.29 is 17.7 Å². The summed E-state index contributed by atoms with van der Waals surface area (Å²) in [5.74, 6) is 0.616. The Morgan fingerprint density at radius 1 is 1.11 bits per heavy atom. The summed E-state index contributed by atoms with van der Waals surface area (Å²) in [6.07, 6.45) is 0.956. The minimum atomic E-state index is -3.57. The van der Waals surface area contributed by atoms with E-state index in [0.717, 1.165) is 16.7 Å². The molecular weight excluding hydrogens is 366 g/mol. The highest BCUT2D eigenvalue weighted by Gasteiger charge is 2.33. The van der Waals surface area contributed by atoms with Crippen molar-refractivity contribution in [3.05, 3.63) is 40.6 Å². The molecule has 1 saturated heterocycles. The zero-order valence-electron chi connectivity index (χ0n) is 16.1. The fraction of sp³-hybridized carbons (Fsp3) is 0.474. The first-order chi connectivity index (χ1) is 12.7. The van der Waals surface area contributed by atoms with Gasteiger partial charge < -0.3 is 9.84 Å². The summed E-state index contributed by atoms with van der Waals surface area (Å²) in [5, 5.41) is 6.49. The minimum absolute atomic E-state index is 0.150. The van der Waals surface area contributed by atoms with Crippen molar-refractivity contribution in [2.24, 2.45) is 5.92 Å². The molecule has 0 radical (unpaired) electrons. The van der Waals surface area contributed by atoms with Crippen LogP contribution in [0.1, 0.15) is 35.3 Å². The lowest BCUT2D eigenvalue weighted by atomic mass is 9.97. The first kappa shape index (κ1) is 19.6. The number of amides is 1. The third kappa shape index (κ3) is 4.06. The molecule has 2 aromatic rings. The van der Waals surface area contributed by atoms with Crippen molar-refractivity contribution in [2.75, 3.05) is 18.4 Å². The fourth-order valence-electron chi connectivity index (χ4n) is 3.71. The number of aryl methyl sites for hydroxylation is 4. The van der Waals surface area contributed by atoms with E-state index in [4.69, 9.17) is 4.52 Å². The zero-order valence-corrected chi connectivity index (χ0v) is 16.9. The van der Waals surface area contributed by atoms with Crippen LogP contribution in [0.5, 0.6) is 0 Å². The molecule has 27 heavy (non-hydrogen) atoms. The number of carbonyl (C=O) groups is 1. The van der Waals surface area contributed by atoms with Gasteiger partial charge in [0, 0.05) is 25.1 Å². The van der Waals surface area contributed by atoms with Crippen LogP contribution in [0.4, 0.5) is 5.82 Å². The molecule has 0 unspecified atom stereocenters. The maximum atomic E-state index is 13.1. The molecule has 3 rings (SSSR count).